The number of pyridine rings is 1. The average Bonchev–Trinajstić information content (AvgIpc) is 2.48. The molecule has 1 aliphatic heterocycles. The number of carboxylic acids is 1. The molecule has 1 saturated heterocycles. The summed E-state index contributed by atoms with van der Waals surface area (Å²) in [5.74, 6) is -1.31. The Hall–Kier alpha value is -1.51. The van der Waals surface area contributed by atoms with Crippen LogP contribution in [0.3, 0.4) is 0 Å². The molecule has 1 atom stereocenters. The predicted octanol–water partition coefficient (Wildman–Crippen LogP) is 0.774. The molecule has 8 heteroatoms. The van der Waals surface area contributed by atoms with Gasteiger partial charge in [-0.2, -0.15) is 17.4 Å². The number of nitrogens with one attached hydrogen (secondary N) is 1. The first kappa shape index (κ1) is 15.9. The lowest BCUT2D eigenvalue weighted by atomic mass is 9.99. The Morgan fingerprint density at radius 2 is 1.95 bits per heavy atom. The number of aromatic nitrogens is 1. The van der Waals surface area contributed by atoms with Crippen LogP contribution in [0.5, 0.6) is 0 Å². The molecule has 0 aliphatic carbocycles. The molecule has 1 aromatic rings. The van der Waals surface area contributed by atoms with Gasteiger partial charge in [-0.1, -0.05) is 0 Å². The molecule has 0 bridgehead atoms. The first-order chi connectivity index (χ1) is 9.90. The highest BCUT2D eigenvalue weighted by Gasteiger charge is 2.31. The molecule has 0 aromatic carbocycles. The van der Waals surface area contributed by atoms with Crippen LogP contribution < -0.4 is 4.72 Å². The number of carboxylic acid groups (broad SMARTS) is 1. The molecule has 7 nitrogen and oxygen atoms in total. The fraction of sp³-hybridized carbons (Fsp3) is 0.538. The minimum Gasteiger partial charge on any atom is -0.481 e. The minimum atomic E-state index is -3.61. The largest absolute Gasteiger partial charge is 0.481 e. The normalized spacial score (nSPS) is 19.3. The molecule has 0 radical (unpaired) electrons. The van der Waals surface area contributed by atoms with Gasteiger partial charge < -0.3 is 5.11 Å². The fourth-order valence-electron chi connectivity index (χ4n) is 2.36. The molecular formula is C13H19N3O4S. The van der Waals surface area contributed by atoms with Gasteiger partial charge in [0.2, 0.25) is 0 Å². The standard InChI is InChI=1S/C13H19N3O4S/c1-10(11-2-6-14-7-3-11)15-21(19,20)16-8-4-12(5-9-16)13(17)18/h2-3,6-7,10,12,15H,4-5,8-9H2,1H3,(H,17,18)/t10-/m1/s1. The Balaban J connectivity index is 1.98. The lowest BCUT2D eigenvalue weighted by molar-refractivity contribution is -0.142. The van der Waals surface area contributed by atoms with Crippen molar-refractivity contribution in [1.29, 1.82) is 0 Å². The SMILES string of the molecule is C[C@@H](NS(=O)(=O)N1CCC(C(=O)O)CC1)c1ccncc1. The van der Waals surface area contributed by atoms with E-state index in [0.29, 0.717) is 12.8 Å². The van der Waals surface area contributed by atoms with Crippen molar-refractivity contribution in [3.8, 4) is 0 Å². The van der Waals surface area contributed by atoms with Gasteiger partial charge in [0.1, 0.15) is 0 Å². The van der Waals surface area contributed by atoms with E-state index in [4.69, 9.17) is 5.11 Å². The second kappa shape index (κ2) is 6.50. The summed E-state index contributed by atoms with van der Waals surface area (Å²) >= 11 is 0. The zero-order chi connectivity index (χ0) is 15.5. The first-order valence-corrected chi connectivity index (χ1v) is 8.24. The summed E-state index contributed by atoms with van der Waals surface area (Å²) in [5.41, 5.74) is 0.828. The van der Waals surface area contributed by atoms with Crippen molar-refractivity contribution in [2.75, 3.05) is 13.1 Å². The Kier molecular flexibility index (Phi) is 4.92. The maximum Gasteiger partial charge on any atom is 0.306 e. The van der Waals surface area contributed by atoms with Crippen LogP contribution in [0.4, 0.5) is 0 Å². The molecule has 1 aliphatic rings. The van der Waals surface area contributed by atoms with E-state index in [-0.39, 0.29) is 19.1 Å². The van der Waals surface area contributed by atoms with Crippen molar-refractivity contribution in [2.45, 2.75) is 25.8 Å². The van der Waals surface area contributed by atoms with Crippen LogP contribution in [-0.4, -0.2) is 41.9 Å². The van der Waals surface area contributed by atoms with Crippen molar-refractivity contribution < 1.29 is 18.3 Å². The van der Waals surface area contributed by atoms with E-state index in [1.54, 1.807) is 31.5 Å². The molecule has 116 valence electrons. The quantitative estimate of drug-likeness (QED) is 0.836. The number of hydrogen-bond acceptors (Lipinski definition) is 4. The van der Waals surface area contributed by atoms with Crippen LogP contribution in [0, 0.1) is 5.92 Å². The number of hydrogen-bond donors (Lipinski definition) is 2. The summed E-state index contributed by atoms with van der Waals surface area (Å²) in [5, 5.41) is 8.93. The fourth-order valence-corrected chi connectivity index (χ4v) is 3.78. The van der Waals surface area contributed by atoms with Gasteiger partial charge in [-0.3, -0.25) is 9.78 Å². The van der Waals surface area contributed by atoms with E-state index in [0.717, 1.165) is 5.56 Å². The predicted molar refractivity (Wildman–Crippen MR) is 76.6 cm³/mol. The highest BCUT2D eigenvalue weighted by molar-refractivity contribution is 7.87. The zero-order valence-electron chi connectivity index (χ0n) is 11.8. The lowest BCUT2D eigenvalue weighted by Crippen LogP contribution is -2.46. The van der Waals surface area contributed by atoms with E-state index in [2.05, 4.69) is 9.71 Å². The van der Waals surface area contributed by atoms with E-state index in [9.17, 15) is 13.2 Å². The van der Waals surface area contributed by atoms with Gasteiger partial charge in [0.05, 0.1) is 5.92 Å². The average molecular weight is 313 g/mol. The highest BCUT2D eigenvalue weighted by Crippen LogP contribution is 2.21. The van der Waals surface area contributed by atoms with E-state index >= 15 is 0 Å². The van der Waals surface area contributed by atoms with E-state index in [1.807, 2.05) is 0 Å². The van der Waals surface area contributed by atoms with E-state index in [1.165, 1.54) is 4.31 Å². The lowest BCUT2D eigenvalue weighted by Gasteiger charge is -2.30. The van der Waals surface area contributed by atoms with Crippen molar-refractivity contribution in [3.05, 3.63) is 30.1 Å². The summed E-state index contributed by atoms with van der Waals surface area (Å²) in [6, 6.07) is 3.14. The van der Waals surface area contributed by atoms with Gasteiger partial charge >= 0.3 is 5.97 Å². The molecule has 1 fully saturated rings. The molecule has 0 saturated carbocycles. The number of piperidine rings is 1. The summed E-state index contributed by atoms with van der Waals surface area (Å²) in [6.45, 7) is 2.22. The third kappa shape index (κ3) is 3.99. The maximum absolute atomic E-state index is 12.3. The number of nitrogens with zero attached hydrogens (tertiary/aromatic N) is 2. The smallest absolute Gasteiger partial charge is 0.306 e. The van der Waals surface area contributed by atoms with Gasteiger partial charge in [0.25, 0.3) is 10.2 Å². The van der Waals surface area contributed by atoms with Crippen molar-refractivity contribution in [1.82, 2.24) is 14.0 Å². The second-order valence-electron chi connectivity index (χ2n) is 5.14. The van der Waals surface area contributed by atoms with Crippen LogP contribution in [0.2, 0.25) is 0 Å². The first-order valence-electron chi connectivity index (χ1n) is 6.80. The Bertz CT molecular complexity index is 583. The third-order valence-electron chi connectivity index (χ3n) is 3.67. The maximum atomic E-state index is 12.3. The topological polar surface area (TPSA) is 99.6 Å². The van der Waals surface area contributed by atoms with Crippen LogP contribution in [0.25, 0.3) is 0 Å². The van der Waals surface area contributed by atoms with Crippen LogP contribution in [-0.2, 0) is 15.0 Å². The Morgan fingerprint density at radius 3 is 2.48 bits per heavy atom. The molecule has 0 spiro atoms. The van der Waals surface area contributed by atoms with Crippen molar-refractivity contribution in [2.24, 2.45) is 5.92 Å². The molecule has 0 amide bonds. The zero-order valence-corrected chi connectivity index (χ0v) is 12.6. The summed E-state index contributed by atoms with van der Waals surface area (Å²) in [4.78, 5) is 14.8. The minimum absolute atomic E-state index is 0.232. The van der Waals surface area contributed by atoms with E-state index < -0.39 is 22.1 Å². The second-order valence-corrected chi connectivity index (χ2v) is 6.84. The molecule has 0 unspecified atom stereocenters. The number of rotatable bonds is 5. The molecule has 1 aromatic heterocycles. The Morgan fingerprint density at radius 1 is 1.38 bits per heavy atom. The molecule has 2 heterocycles. The summed E-state index contributed by atoms with van der Waals surface area (Å²) < 4.78 is 28.5. The molecule has 2 N–H and O–H groups in total. The van der Waals surface area contributed by atoms with Gasteiger partial charge in [-0.15, -0.1) is 0 Å². The number of aliphatic carboxylic acids is 1. The molecular weight excluding hydrogens is 294 g/mol. The number of carbonyl (C=O) groups is 1. The van der Waals surface area contributed by atoms with Gasteiger partial charge in [0.15, 0.2) is 0 Å². The van der Waals surface area contributed by atoms with Gasteiger partial charge in [-0.25, -0.2) is 0 Å². The van der Waals surface area contributed by atoms with Crippen LogP contribution in [0.1, 0.15) is 31.4 Å². The summed E-state index contributed by atoms with van der Waals surface area (Å²) in [6.07, 6.45) is 3.91. The third-order valence-corrected chi connectivity index (χ3v) is 5.37. The summed E-state index contributed by atoms with van der Waals surface area (Å²) in [7, 11) is -3.61. The molecule has 2 rings (SSSR count). The monoisotopic (exact) mass is 313 g/mol. The van der Waals surface area contributed by atoms with Crippen molar-refractivity contribution in [3.63, 3.8) is 0 Å². The van der Waals surface area contributed by atoms with Gasteiger partial charge in [0, 0.05) is 31.5 Å². The van der Waals surface area contributed by atoms with Gasteiger partial charge in [-0.05, 0) is 37.5 Å². The molecule has 21 heavy (non-hydrogen) atoms. The highest BCUT2D eigenvalue weighted by atomic mass is 32.2. The van der Waals surface area contributed by atoms with Crippen LogP contribution >= 0.6 is 0 Å². The van der Waals surface area contributed by atoms with Crippen LogP contribution in [0.15, 0.2) is 24.5 Å². The Labute approximate surface area is 124 Å². The van der Waals surface area contributed by atoms with Crippen molar-refractivity contribution >= 4 is 16.2 Å².